The molecule has 2 unspecified atom stereocenters. The topological polar surface area (TPSA) is 40.7 Å². The van der Waals surface area contributed by atoms with E-state index in [2.05, 4.69) is 29.1 Å². The van der Waals surface area contributed by atoms with Gasteiger partial charge in [0.1, 0.15) is 5.82 Å². The maximum absolute atomic E-state index is 6.19. The second-order valence-corrected chi connectivity index (χ2v) is 6.57. The van der Waals surface area contributed by atoms with Crippen molar-refractivity contribution in [2.45, 2.75) is 65.3 Å². The van der Waals surface area contributed by atoms with Crippen molar-refractivity contribution in [3.63, 3.8) is 0 Å². The molecule has 114 valence electrons. The summed E-state index contributed by atoms with van der Waals surface area (Å²) in [6.45, 7) is 6.48. The molecule has 2 N–H and O–H groups in total. The number of nitrogens with one attached hydrogen (secondary N) is 2. The molecule has 1 aromatic heterocycles. The van der Waals surface area contributed by atoms with Crippen LogP contribution in [0.5, 0.6) is 0 Å². The Labute approximate surface area is 127 Å². The largest absolute Gasteiger partial charge is 0.344 e. The standard InChI is InChI=1S/C16H28ClN3/c1-3-4-9-15-19-14(16(17)20-15)11-18-10-13-8-6-5-7-12(13)2/h12-13,18H,3-11H2,1-2H3,(H,19,20). The van der Waals surface area contributed by atoms with Crippen LogP contribution in [-0.4, -0.2) is 16.5 Å². The summed E-state index contributed by atoms with van der Waals surface area (Å²) in [5.41, 5.74) is 1.04. The zero-order chi connectivity index (χ0) is 14.4. The van der Waals surface area contributed by atoms with Gasteiger partial charge in [-0.25, -0.2) is 4.98 Å². The van der Waals surface area contributed by atoms with Crippen LogP contribution in [0.15, 0.2) is 0 Å². The van der Waals surface area contributed by atoms with E-state index >= 15 is 0 Å². The lowest BCUT2D eigenvalue weighted by molar-refractivity contribution is 0.247. The first-order valence-electron chi connectivity index (χ1n) is 8.14. The molecule has 0 bridgehead atoms. The monoisotopic (exact) mass is 297 g/mol. The third-order valence-corrected chi connectivity index (χ3v) is 4.85. The lowest BCUT2D eigenvalue weighted by Crippen LogP contribution is -2.29. The quantitative estimate of drug-likeness (QED) is 0.787. The van der Waals surface area contributed by atoms with Gasteiger partial charge >= 0.3 is 0 Å². The van der Waals surface area contributed by atoms with Crippen molar-refractivity contribution in [1.29, 1.82) is 0 Å². The van der Waals surface area contributed by atoms with E-state index < -0.39 is 0 Å². The number of rotatable bonds is 7. The van der Waals surface area contributed by atoms with E-state index in [0.29, 0.717) is 5.15 Å². The van der Waals surface area contributed by atoms with Crippen molar-refractivity contribution >= 4 is 11.6 Å². The van der Waals surface area contributed by atoms with Crippen molar-refractivity contribution in [3.8, 4) is 0 Å². The molecular weight excluding hydrogens is 270 g/mol. The van der Waals surface area contributed by atoms with Crippen LogP contribution in [0.2, 0.25) is 5.15 Å². The molecule has 1 aromatic rings. The molecule has 20 heavy (non-hydrogen) atoms. The first-order chi connectivity index (χ1) is 9.70. The molecule has 2 rings (SSSR count). The van der Waals surface area contributed by atoms with Crippen molar-refractivity contribution in [2.75, 3.05) is 6.54 Å². The van der Waals surface area contributed by atoms with Gasteiger partial charge in [-0.2, -0.15) is 0 Å². The normalized spacial score (nSPS) is 23.1. The average molecular weight is 298 g/mol. The highest BCUT2D eigenvalue weighted by molar-refractivity contribution is 6.30. The van der Waals surface area contributed by atoms with Crippen molar-refractivity contribution in [2.24, 2.45) is 11.8 Å². The summed E-state index contributed by atoms with van der Waals surface area (Å²) in [6.07, 6.45) is 8.90. The second kappa shape index (κ2) is 8.04. The molecule has 1 saturated carbocycles. The molecule has 0 aliphatic heterocycles. The third kappa shape index (κ3) is 4.49. The molecule has 0 radical (unpaired) electrons. The molecule has 4 heteroatoms. The number of aromatic nitrogens is 2. The minimum atomic E-state index is 0.639. The van der Waals surface area contributed by atoms with Crippen molar-refractivity contribution < 1.29 is 0 Å². The third-order valence-electron chi connectivity index (χ3n) is 4.54. The highest BCUT2D eigenvalue weighted by Crippen LogP contribution is 2.28. The minimum absolute atomic E-state index is 0.639. The molecule has 0 spiro atoms. The molecule has 1 heterocycles. The van der Waals surface area contributed by atoms with Gasteiger partial charge in [0.05, 0.1) is 5.69 Å². The Morgan fingerprint density at radius 3 is 2.90 bits per heavy atom. The summed E-state index contributed by atoms with van der Waals surface area (Å²) in [5.74, 6) is 2.71. The van der Waals surface area contributed by atoms with E-state index in [0.717, 1.165) is 49.3 Å². The van der Waals surface area contributed by atoms with Gasteiger partial charge in [-0.1, -0.05) is 51.1 Å². The van der Waals surface area contributed by atoms with E-state index in [4.69, 9.17) is 11.6 Å². The lowest BCUT2D eigenvalue weighted by Gasteiger charge is -2.28. The summed E-state index contributed by atoms with van der Waals surface area (Å²) in [7, 11) is 0. The SMILES string of the molecule is CCCCc1nc(Cl)c(CNCC2CCCCC2C)[nH]1. The van der Waals surface area contributed by atoms with Gasteiger partial charge in [0.15, 0.2) is 5.15 Å². The Bertz CT molecular complexity index is 402. The second-order valence-electron chi connectivity index (χ2n) is 6.21. The van der Waals surface area contributed by atoms with Gasteiger partial charge < -0.3 is 10.3 Å². The summed E-state index contributed by atoms with van der Waals surface area (Å²) >= 11 is 6.19. The lowest BCUT2D eigenvalue weighted by atomic mass is 9.80. The maximum Gasteiger partial charge on any atom is 0.151 e. The molecule has 1 fully saturated rings. The number of hydrogen-bond acceptors (Lipinski definition) is 2. The van der Waals surface area contributed by atoms with Crippen LogP contribution in [0.1, 0.15) is 63.9 Å². The number of aromatic amines is 1. The Balaban J connectivity index is 1.77. The molecule has 3 nitrogen and oxygen atoms in total. The number of nitrogens with zero attached hydrogens (tertiary/aromatic N) is 1. The highest BCUT2D eigenvalue weighted by atomic mass is 35.5. The van der Waals surface area contributed by atoms with E-state index in [9.17, 15) is 0 Å². The van der Waals surface area contributed by atoms with E-state index in [-0.39, 0.29) is 0 Å². The number of halogens is 1. The molecular formula is C16H28ClN3. The fourth-order valence-electron chi connectivity index (χ4n) is 3.10. The number of unbranched alkanes of at least 4 members (excludes halogenated alkanes) is 1. The zero-order valence-electron chi connectivity index (χ0n) is 12.8. The van der Waals surface area contributed by atoms with E-state index in [1.165, 1.54) is 32.1 Å². The molecule has 1 aliphatic carbocycles. The van der Waals surface area contributed by atoms with Gasteiger partial charge in [0.2, 0.25) is 0 Å². The van der Waals surface area contributed by atoms with Crippen LogP contribution in [0.4, 0.5) is 0 Å². The number of hydrogen-bond donors (Lipinski definition) is 2. The van der Waals surface area contributed by atoms with Gasteiger partial charge in [-0.15, -0.1) is 0 Å². The highest BCUT2D eigenvalue weighted by Gasteiger charge is 2.20. The predicted octanol–water partition coefficient (Wildman–Crippen LogP) is 4.32. The van der Waals surface area contributed by atoms with Crippen LogP contribution >= 0.6 is 11.6 Å². The Morgan fingerprint density at radius 1 is 1.35 bits per heavy atom. The van der Waals surface area contributed by atoms with Crippen LogP contribution in [0, 0.1) is 11.8 Å². The molecule has 1 aliphatic rings. The van der Waals surface area contributed by atoms with Gasteiger partial charge in [0, 0.05) is 13.0 Å². The summed E-state index contributed by atoms with van der Waals surface area (Å²) in [5, 5.41) is 4.20. The first kappa shape index (κ1) is 15.8. The first-order valence-corrected chi connectivity index (χ1v) is 8.52. The molecule has 0 aromatic carbocycles. The van der Waals surface area contributed by atoms with E-state index in [1.54, 1.807) is 0 Å². The minimum Gasteiger partial charge on any atom is -0.344 e. The van der Waals surface area contributed by atoms with Crippen LogP contribution in [0.3, 0.4) is 0 Å². The van der Waals surface area contributed by atoms with Crippen molar-refractivity contribution in [3.05, 3.63) is 16.7 Å². The van der Waals surface area contributed by atoms with Gasteiger partial charge in [-0.05, 0) is 31.2 Å². The van der Waals surface area contributed by atoms with Crippen LogP contribution in [-0.2, 0) is 13.0 Å². The zero-order valence-corrected chi connectivity index (χ0v) is 13.6. The predicted molar refractivity (Wildman–Crippen MR) is 85.0 cm³/mol. The Kier molecular flexibility index (Phi) is 6.37. The Hall–Kier alpha value is -0.540. The van der Waals surface area contributed by atoms with E-state index in [1.807, 2.05) is 0 Å². The van der Waals surface area contributed by atoms with Crippen LogP contribution < -0.4 is 5.32 Å². The molecule has 0 saturated heterocycles. The van der Waals surface area contributed by atoms with Crippen molar-refractivity contribution in [1.82, 2.24) is 15.3 Å². The van der Waals surface area contributed by atoms with Gasteiger partial charge in [0.25, 0.3) is 0 Å². The Morgan fingerprint density at radius 2 is 2.15 bits per heavy atom. The van der Waals surface area contributed by atoms with Crippen LogP contribution in [0.25, 0.3) is 0 Å². The number of imidazole rings is 1. The molecule has 2 atom stereocenters. The fraction of sp³-hybridized carbons (Fsp3) is 0.812. The summed E-state index contributed by atoms with van der Waals surface area (Å²) < 4.78 is 0. The molecule has 0 amide bonds. The number of aryl methyl sites for hydroxylation is 1. The average Bonchev–Trinajstić information content (AvgIpc) is 2.79. The number of H-pyrrole nitrogens is 1. The maximum atomic E-state index is 6.19. The summed E-state index contributed by atoms with van der Waals surface area (Å²) in [6, 6.07) is 0. The smallest absolute Gasteiger partial charge is 0.151 e. The van der Waals surface area contributed by atoms with Gasteiger partial charge in [-0.3, -0.25) is 0 Å². The fourth-order valence-corrected chi connectivity index (χ4v) is 3.31. The summed E-state index contributed by atoms with van der Waals surface area (Å²) in [4.78, 5) is 7.76.